The summed E-state index contributed by atoms with van der Waals surface area (Å²) in [5.41, 5.74) is 2.37. The van der Waals surface area contributed by atoms with Crippen molar-refractivity contribution in [1.82, 2.24) is 15.4 Å². The van der Waals surface area contributed by atoms with Gasteiger partial charge >= 0.3 is 0 Å². The fourth-order valence-electron chi connectivity index (χ4n) is 1.91. The van der Waals surface area contributed by atoms with Crippen molar-refractivity contribution in [1.29, 1.82) is 0 Å². The van der Waals surface area contributed by atoms with Crippen LogP contribution in [-0.4, -0.2) is 39.8 Å². The largest absolute Gasteiger partial charge is 0.356 e. The number of rotatable bonds is 10. The number of hydrogen-bond donors (Lipinski definition) is 3. The van der Waals surface area contributed by atoms with Crippen molar-refractivity contribution in [3.63, 3.8) is 0 Å². The van der Waals surface area contributed by atoms with E-state index in [1.54, 1.807) is 6.92 Å². The molecule has 0 aliphatic heterocycles. The normalized spacial score (nSPS) is 11.7. The molecule has 1 aromatic rings. The highest BCUT2D eigenvalue weighted by atomic mass is 127. The van der Waals surface area contributed by atoms with Crippen LogP contribution in [-0.2, 0) is 16.6 Å². The van der Waals surface area contributed by atoms with E-state index >= 15 is 0 Å². The minimum atomic E-state index is -3.15. The number of benzene rings is 1. The molecule has 0 aliphatic rings. The molecule has 1 rings (SSSR count). The van der Waals surface area contributed by atoms with Gasteiger partial charge in [0.1, 0.15) is 0 Å². The molecule has 0 spiro atoms. The number of aliphatic imine (C=N–C) groups is 1. The Labute approximate surface area is 169 Å². The van der Waals surface area contributed by atoms with E-state index in [9.17, 15) is 8.42 Å². The Morgan fingerprint density at radius 3 is 2.28 bits per heavy atom. The highest BCUT2D eigenvalue weighted by molar-refractivity contribution is 14.0. The van der Waals surface area contributed by atoms with Crippen LogP contribution in [0.15, 0.2) is 29.3 Å². The van der Waals surface area contributed by atoms with Gasteiger partial charge in [-0.05, 0) is 25.8 Å². The molecular weight excluding hydrogens is 451 g/mol. The summed E-state index contributed by atoms with van der Waals surface area (Å²) in [5.74, 6) is 0.801. The predicted molar refractivity (Wildman–Crippen MR) is 116 cm³/mol. The molecular formula is C17H31IN4O2S. The van der Waals surface area contributed by atoms with Crippen LogP contribution in [0.4, 0.5) is 0 Å². The van der Waals surface area contributed by atoms with Gasteiger partial charge in [0.05, 0.1) is 12.3 Å². The summed E-state index contributed by atoms with van der Waals surface area (Å²) < 4.78 is 25.4. The van der Waals surface area contributed by atoms with Gasteiger partial charge in [0, 0.05) is 19.6 Å². The third kappa shape index (κ3) is 11.4. The van der Waals surface area contributed by atoms with Crippen LogP contribution >= 0.6 is 24.0 Å². The van der Waals surface area contributed by atoms with Crippen molar-refractivity contribution in [2.45, 2.75) is 40.2 Å². The molecule has 25 heavy (non-hydrogen) atoms. The molecule has 0 heterocycles. The van der Waals surface area contributed by atoms with E-state index in [-0.39, 0.29) is 29.7 Å². The highest BCUT2D eigenvalue weighted by Gasteiger charge is 2.05. The molecule has 0 saturated heterocycles. The van der Waals surface area contributed by atoms with E-state index in [4.69, 9.17) is 0 Å². The van der Waals surface area contributed by atoms with Crippen molar-refractivity contribution in [3.8, 4) is 0 Å². The van der Waals surface area contributed by atoms with Gasteiger partial charge in [-0.3, -0.25) is 0 Å². The van der Waals surface area contributed by atoms with Gasteiger partial charge in [-0.2, -0.15) is 0 Å². The molecule has 6 nitrogen and oxygen atoms in total. The second-order valence-electron chi connectivity index (χ2n) is 5.66. The molecule has 8 heteroatoms. The van der Waals surface area contributed by atoms with Crippen molar-refractivity contribution < 1.29 is 8.42 Å². The van der Waals surface area contributed by atoms with Crippen molar-refractivity contribution in [2.75, 3.05) is 25.4 Å². The topological polar surface area (TPSA) is 82.6 Å². The summed E-state index contributed by atoms with van der Waals surface area (Å²) in [6, 6.07) is 8.28. The lowest BCUT2D eigenvalue weighted by molar-refractivity contribution is 0.581. The van der Waals surface area contributed by atoms with Gasteiger partial charge in [0.2, 0.25) is 10.0 Å². The van der Waals surface area contributed by atoms with E-state index in [2.05, 4.69) is 58.5 Å². The maximum absolute atomic E-state index is 11.4. The standard InChI is InChI=1S/C17H30N4O2S.HI/c1-4-6-11-18-17(19-12-13-21-24(22,23)5-2)20-14-16-9-7-15(3)8-10-16;/h7-10,21H,4-6,11-14H2,1-3H3,(H2,18,19,20);1H. The monoisotopic (exact) mass is 482 g/mol. The lowest BCUT2D eigenvalue weighted by atomic mass is 10.1. The van der Waals surface area contributed by atoms with Crippen molar-refractivity contribution in [2.24, 2.45) is 4.99 Å². The Balaban J connectivity index is 0.00000576. The van der Waals surface area contributed by atoms with Gasteiger partial charge in [-0.25, -0.2) is 18.1 Å². The second kappa shape index (κ2) is 13.3. The summed E-state index contributed by atoms with van der Waals surface area (Å²) in [4.78, 5) is 4.57. The maximum atomic E-state index is 11.4. The van der Waals surface area contributed by atoms with E-state index in [1.165, 1.54) is 5.56 Å². The van der Waals surface area contributed by atoms with Gasteiger partial charge in [-0.15, -0.1) is 24.0 Å². The van der Waals surface area contributed by atoms with Crippen LogP contribution in [0.1, 0.15) is 37.8 Å². The summed E-state index contributed by atoms with van der Waals surface area (Å²) >= 11 is 0. The van der Waals surface area contributed by atoms with Gasteiger partial charge < -0.3 is 10.6 Å². The highest BCUT2D eigenvalue weighted by Crippen LogP contribution is 2.04. The van der Waals surface area contributed by atoms with E-state index in [0.717, 1.165) is 24.9 Å². The van der Waals surface area contributed by atoms with Gasteiger partial charge in [-0.1, -0.05) is 43.2 Å². The number of nitrogens with zero attached hydrogens (tertiary/aromatic N) is 1. The zero-order chi connectivity index (χ0) is 17.8. The SMILES string of the molecule is CCCCNC(=NCc1ccc(C)cc1)NCCNS(=O)(=O)CC.I. The third-order valence-corrected chi connectivity index (χ3v) is 4.89. The predicted octanol–water partition coefficient (Wildman–Crippen LogP) is 2.39. The molecule has 3 N–H and O–H groups in total. The second-order valence-corrected chi connectivity index (χ2v) is 7.75. The first-order valence-corrected chi connectivity index (χ1v) is 10.2. The van der Waals surface area contributed by atoms with Gasteiger partial charge in [0.25, 0.3) is 0 Å². The smallest absolute Gasteiger partial charge is 0.211 e. The maximum Gasteiger partial charge on any atom is 0.211 e. The van der Waals surface area contributed by atoms with E-state index in [0.29, 0.717) is 25.6 Å². The molecule has 0 saturated carbocycles. The quantitative estimate of drug-likeness (QED) is 0.207. The van der Waals surface area contributed by atoms with E-state index in [1.807, 2.05) is 0 Å². The molecule has 0 atom stereocenters. The molecule has 1 aromatic carbocycles. The molecule has 0 unspecified atom stereocenters. The summed E-state index contributed by atoms with van der Waals surface area (Å²) in [6.07, 6.45) is 2.17. The Hall–Kier alpha value is -0.870. The summed E-state index contributed by atoms with van der Waals surface area (Å²) in [6.45, 7) is 8.08. The number of hydrogen-bond acceptors (Lipinski definition) is 3. The molecule has 144 valence electrons. The number of nitrogens with one attached hydrogen (secondary N) is 3. The minimum Gasteiger partial charge on any atom is -0.356 e. The number of guanidine groups is 1. The Bertz CT molecular complexity index is 604. The summed E-state index contributed by atoms with van der Waals surface area (Å²) in [5, 5.41) is 6.44. The lowest BCUT2D eigenvalue weighted by Crippen LogP contribution is -2.42. The Morgan fingerprint density at radius 1 is 1.04 bits per heavy atom. The van der Waals surface area contributed by atoms with Crippen molar-refractivity contribution >= 4 is 40.0 Å². The number of halogens is 1. The number of aryl methyl sites for hydroxylation is 1. The van der Waals surface area contributed by atoms with Crippen LogP contribution in [0.5, 0.6) is 0 Å². The van der Waals surface area contributed by atoms with Gasteiger partial charge in [0.15, 0.2) is 5.96 Å². The first-order valence-electron chi connectivity index (χ1n) is 8.52. The van der Waals surface area contributed by atoms with Crippen LogP contribution in [0.2, 0.25) is 0 Å². The molecule has 0 bridgehead atoms. The van der Waals surface area contributed by atoms with E-state index < -0.39 is 10.0 Å². The molecule has 0 aliphatic carbocycles. The fourth-order valence-corrected chi connectivity index (χ4v) is 2.53. The molecule has 0 aromatic heterocycles. The zero-order valence-corrected chi connectivity index (χ0v) is 18.5. The minimum absolute atomic E-state index is 0. The van der Waals surface area contributed by atoms with Crippen LogP contribution in [0, 0.1) is 6.92 Å². The van der Waals surface area contributed by atoms with Crippen molar-refractivity contribution in [3.05, 3.63) is 35.4 Å². The average molecular weight is 482 g/mol. The first-order chi connectivity index (χ1) is 11.5. The lowest BCUT2D eigenvalue weighted by Gasteiger charge is -2.13. The fraction of sp³-hybridized carbons (Fsp3) is 0.588. The van der Waals surface area contributed by atoms with Crippen LogP contribution < -0.4 is 15.4 Å². The zero-order valence-electron chi connectivity index (χ0n) is 15.3. The Morgan fingerprint density at radius 2 is 1.68 bits per heavy atom. The Kier molecular flexibility index (Phi) is 12.9. The average Bonchev–Trinajstić information content (AvgIpc) is 2.57. The van der Waals surface area contributed by atoms with Crippen LogP contribution in [0.25, 0.3) is 0 Å². The molecule has 0 amide bonds. The molecule has 0 fully saturated rings. The summed E-state index contributed by atoms with van der Waals surface area (Å²) in [7, 11) is -3.15. The third-order valence-electron chi connectivity index (χ3n) is 3.48. The first kappa shape index (κ1) is 24.1. The van der Waals surface area contributed by atoms with Crippen LogP contribution in [0.3, 0.4) is 0 Å². The number of unbranched alkanes of at least 4 members (excludes halogenated alkanes) is 1. The molecule has 0 radical (unpaired) electrons. The number of sulfonamides is 1.